The van der Waals surface area contributed by atoms with Gasteiger partial charge in [-0.25, -0.2) is 22.7 Å². The minimum absolute atomic E-state index is 0.0361. The molecule has 2 rings (SSSR count). The molecule has 7 nitrogen and oxygen atoms in total. The molecule has 0 aliphatic heterocycles. The first kappa shape index (κ1) is 19.5. The fourth-order valence-electron chi connectivity index (χ4n) is 2.10. The van der Waals surface area contributed by atoms with Gasteiger partial charge in [0.25, 0.3) is 5.91 Å². The fraction of sp³-hybridized carbons (Fsp3) is 0.176. The van der Waals surface area contributed by atoms with Gasteiger partial charge >= 0.3 is 5.97 Å². The normalized spacial score (nSPS) is 11.0. The molecule has 0 aromatic heterocycles. The molecule has 138 valence electrons. The number of carbonyl (C=O) groups is 2. The first-order valence-electron chi connectivity index (χ1n) is 7.48. The van der Waals surface area contributed by atoms with E-state index >= 15 is 0 Å². The first-order valence-corrected chi connectivity index (χ1v) is 9.03. The molecule has 0 aliphatic rings. The van der Waals surface area contributed by atoms with Crippen LogP contribution in [-0.2, 0) is 26.1 Å². The molecule has 1 amide bonds. The molecule has 0 saturated heterocycles. The van der Waals surface area contributed by atoms with Crippen molar-refractivity contribution >= 4 is 21.9 Å². The third-order valence-electron chi connectivity index (χ3n) is 3.47. The number of aryl methyl sites for hydroxylation is 1. The molecule has 0 bridgehead atoms. The highest BCUT2D eigenvalue weighted by atomic mass is 32.2. The average molecular weight is 380 g/mol. The predicted molar refractivity (Wildman–Crippen MR) is 91.1 cm³/mol. The van der Waals surface area contributed by atoms with Crippen molar-refractivity contribution in [2.24, 2.45) is 5.14 Å². The van der Waals surface area contributed by atoms with Crippen LogP contribution in [0.25, 0.3) is 0 Å². The van der Waals surface area contributed by atoms with Crippen LogP contribution in [0.1, 0.15) is 21.5 Å². The summed E-state index contributed by atoms with van der Waals surface area (Å²) in [5.74, 6) is -1.79. The lowest BCUT2D eigenvalue weighted by molar-refractivity contribution is -0.124. The molecule has 0 heterocycles. The molecule has 2 aromatic rings. The number of amides is 1. The maximum atomic E-state index is 12.8. The smallest absolute Gasteiger partial charge is 0.338 e. The lowest BCUT2D eigenvalue weighted by Gasteiger charge is -2.08. The molecule has 26 heavy (non-hydrogen) atoms. The van der Waals surface area contributed by atoms with Crippen LogP contribution < -0.4 is 10.5 Å². The minimum atomic E-state index is -3.98. The average Bonchev–Trinajstić information content (AvgIpc) is 2.58. The maximum Gasteiger partial charge on any atom is 0.338 e. The molecule has 0 aliphatic carbocycles. The number of nitrogens with two attached hydrogens (primary N) is 1. The van der Waals surface area contributed by atoms with Crippen LogP contribution in [0.15, 0.2) is 47.4 Å². The highest BCUT2D eigenvalue weighted by Gasteiger charge is 2.16. The number of carbonyl (C=O) groups excluding carboxylic acids is 2. The summed E-state index contributed by atoms with van der Waals surface area (Å²) in [6.45, 7) is 1.15. The number of hydrogen-bond donors (Lipinski definition) is 2. The van der Waals surface area contributed by atoms with E-state index < -0.39 is 28.5 Å². The van der Waals surface area contributed by atoms with Crippen LogP contribution in [0.2, 0.25) is 0 Å². The Morgan fingerprint density at radius 2 is 1.81 bits per heavy atom. The summed E-state index contributed by atoms with van der Waals surface area (Å²) in [5.41, 5.74) is 1.04. The standard InChI is InChI=1S/C17H17FN2O5S/c1-11-2-5-13(8-15(11)26(19,23)24)17(22)25-10-16(21)20-9-12-3-6-14(18)7-4-12/h2-8H,9-10H2,1H3,(H,20,21)(H2,19,23,24). The molecular weight excluding hydrogens is 363 g/mol. The van der Waals surface area contributed by atoms with E-state index in [0.717, 1.165) is 6.07 Å². The molecule has 0 radical (unpaired) electrons. The van der Waals surface area contributed by atoms with Gasteiger partial charge in [-0.2, -0.15) is 0 Å². The van der Waals surface area contributed by atoms with Gasteiger partial charge in [0.15, 0.2) is 6.61 Å². The van der Waals surface area contributed by atoms with E-state index in [-0.39, 0.29) is 22.8 Å². The van der Waals surface area contributed by atoms with Crippen molar-refractivity contribution in [2.45, 2.75) is 18.4 Å². The summed E-state index contributed by atoms with van der Waals surface area (Å²) in [4.78, 5) is 23.5. The third-order valence-corrected chi connectivity index (χ3v) is 4.52. The Balaban J connectivity index is 1.92. The van der Waals surface area contributed by atoms with Crippen molar-refractivity contribution in [1.29, 1.82) is 0 Å². The summed E-state index contributed by atoms with van der Waals surface area (Å²) >= 11 is 0. The SMILES string of the molecule is Cc1ccc(C(=O)OCC(=O)NCc2ccc(F)cc2)cc1S(N)(=O)=O. The fourth-order valence-corrected chi connectivity index (χ4v) is 2.91. The van der Waals surface area contributed by atoms with Gasteiger partial charge in [-0.15, -0.1) is 0 Å². The van der Waals surface area contributed by atoms with Crippen molar-refractivity contribution in [2.75, 3.05) is 6.61 Å². The van der Waals surface area contributed by atoms with E-state index in [4.69, 9.17) is 9.88 Å². The van der Waals surface area contributed by atoms with E-state index in [1.54, 1.807) is 0 Å². The van der Waals surface area contributed by atoms with Crippen LogP contribution in [0.5, 0.6) is 0 Å². The summed E-state index contributed by atoms with van der Waals surface area (Å²) in [6.07, 6.45) is 0. The van der Waals surface area contributed by atoms with E-state index in [2.05, 4.69) is 5.32 Å². The Bertz CT molecular complexity index is 927. The van der Waals surface area contributed by atoms with Gasteiger partial charge < -0.3 is 10.1 Å². The molecular formula is C17H17FN2O5S. The number of primary sulfonamides is 1. The van der Waals surface area contributed by atoms with Crippen molar-refractivity contribution in [3.63, 3.8) is 0 Å². The number of ether oxygens (including phenoxy) is 1. The minimum Gasteiger partial charge on any atom is -0.452 e. The van der Waals surface area contributed by atoms with Crippen LogP contribution in [0, 0.1) is 12.7 Å². The number of rotatable bonds is 6. The van der Waals surface area contributed by atoms with Gasteiger partial charge in [-0.1, -0.05) is 18.2 Å². The van der Waals surface area contributed by atoms with Crippen LogP contribution >= 0.6 is 0 Å². The Labute approximate surface area is 150 Å². The van der Waals surface area contributed by atoms with Crippen molar-refractivity contribution in [3.05, 3.63) is 65.0 Å². The van der Waals surface area contributed by atoms with Gasteiger partial charge in [0.05, 0.1) is 10.5 Å². The van der Waals surface area contributed by atoms with E-state index in [0.29, 0.717) is 11.1 Å². The van der Waals surface area contributed by atoms with Gasteiger partial charge in [0.1, 0.15) is 5.82 Å². The van der Waals surface area contributed by atoms with Gasteiger partial charge in [0.2, 0.25) is 10.0 Å². The number of benzene rings is 2. The molecule has 9 heteroatoms. The second-order valence-corrected chi connectivity index (χ2v) is 7.03. The quantitative estimate of drug-likeness (QED) is 0.732. The highest BCUT2D eigenvalue weighted by molar-refractivity contribution is 7.89. The zero-order valence-corrected chi connectivity index (χ0v) is 14.7. The zero-order chi connectivity index (χ0) is 19.3. The highest BCUT2D eigenvalue weighted by Crippen LogP contribution is 2.16. The van der Waals surface area contributed by atoms with Crippen molar-refractivity contribution in [3.8, 4) is 0 Å². The number of hydrogen-bond acceptors (Lipinski definition) is 5. The summed E-state index contributed by atoms with van der Waals surface area (Å²) in [5, 5.41) is 7.60. The van der Waals surface area contributed by atoms with Crippen molar-refractivity contribution in [1.82, 2.24) is 5.32 Å². The Morgan fingerprint density at radius 3 is 2.42 bits per heavy atom. The number of sulfonamides is 1. The van der Waals surface area contributed by atoms with E-state index in [1.807, 2.05) is 0 Å². The van der Waals surface area contributed by atoms with Crippen LogP contribution in [-0.4, -0.2) is 26.9 Å². The van der Waals surface area contributed by atoms with Crippen LogP contribution in [0.3, 0.4) is 0 Å². The Kier molecular flexibility index (Phi) is 6.06. The lowest BCUT2D eigenvalue weighted by atomic mass is 10.1. The lowest BCUT2D eigenvalue weighted by Crippen LogP contribution is -2.28. The van der Waals surface area contributed by atoms with E-state index in [9.17, 15) is 22.4 Å². The number of halogens is 1. The van der Waals surface area contributed by atoms with Gasteiger partial charge in [-0.3, -0.25) is 4.79 Å². The predicted octanol–water partition coefficient (Wildman–Crippen LogP) is 1.25. The molecule has 0 fully saturated rings. The summed E-state index contributed by atoms with van der Waals surface area (Å²) in [7, 11) is -3.98. The van der Waals surface area contributed by atoms with Gasteiger partial charge in [0, 0.05) is 6.54 Å². The molecule has 2 aromatic carbocycles. The molecule has 0 spiro atoms. The summed E-state index contributed by atoms with van der Waals surface area (Å²) < 4.78 is 40.6. The number of nitrogens with one attached hydrogen (secondary N) is 1. The largest absolute Gasteiger partial charge is 0.452 e. The number of esters is 1. The molecule has 0 unspecified atom stereocenters. The molecule has 0 atom stereocenters. The van der Waals surface area contributed by atoms with Crippen LogP contribution in [0.4, 0.5) is 4.39 Å². The van der Waals surface area contributed by atoms with E-state index in [1.165, 1.54) is 43.3 Å². The third kappa shape index (κ3) is 5.36. The maximum absolute atomic E-state index is 12.8. The Morgan fingerprint density at radius 1 is 1.15 bits per heavy atom. The summed E-state index contributed by atoms with van der Waals surface area (Å²) in [6, 6.07) is 9.46. The molecule has 3 N–H and O–H groups in total. The second-order valence-electron chi connectivity index (χ2n) is 5.50. The zero-order valence-electron chi connectivity index (χ0n) is 13.9. The first-order chi connectivity index (χ1) is 12.2. The van der Waals surface area contributed by atoms with Crippen molar-refractivity contribution < 1.29 is 27.1 Å². The Hall–Kier alpha value is -2.78. The monoisotopic (exact) mass is 380 g/mol. The molecule has 0 saturated carbocycles. The topological polar surface area (TPSA) is 116 Å². The second kappa shape index (κ2) is 8.07. The van der Waals surface area contributed by atoms with Gasteiger partial charge in [-0.05, 0) is 42.3 Å².